The molecule has 0 amide bonds. The van der Waals surface area contributed by atoms with E-state index in [4.69, 9.17) is 4.52 Å². The Kier molecular flexibility index (Phi) is 7.20. The monoisotopic (exact) mass is 404 g/mol. The van der Waals surface area contributed by atoms with Crippen LogP contribution in [0.2, 0.25) is 0 Å². The lowest BCUT2D eigenvalue weighted by atomic mass is 10.1. The summed E-state index contributed by atoms with van der Waals surface area (Å²) < 4.78 is 5.26. The first-order valence-electron chi connectivity index (χ1n) is 6.57. The predicted molar refractivity (Wildman–Crippen MR) is 91.6 cm³/mol. The highest BCUT2D eigenvalue weighted by Gasteiger charge is 2.08. The number of nitrogens with one attached hydrogen (secondary N) is 3. The smallest absolute Gasteiger partial charge is 0.191 e. The van der Waals surface area contributed by atoms with E-state index < -0.39 is 0 Å². The Morgan fingerprint density at radius 3 is 2.71 bits per heavy atom. The van der Waals surface area contributed by atoms with Crippen LogP contribution in [0.15, 0.2) is 27.8 Å². The second kappa shape index (κ2) is 8.65. The number of hydrogen-bond acceptors (Lipinski definition) is 4. The van der Waals surface area contributed by atoms with Crippen molar-refractivity contribution in [2.24, 2.45) is 4.99 Å². The van der Waals surface area contributed by atoms with Crippen LogP contribution in [-0.4, -0.2) is 28.4 Å². The van der Waals surface area contributed by atoms with Gasteiger partial charge < -0.3 is 15.2 Å². The fourth-order valence-corrected chi connectivity index (χ4v) is 1.64. The summed E-state index contributed by atoms with van der Waals surface area (Å²) >= 11 is 0. The Labute approximate surface area is 141 Å². The Balaban J connectivity index is 0.00000220. The number of aromatic amines is 1. The highest BCUT2D eigenvalue weighted by atomic mass is 127. The summed E-state index contributed by atoms with van der Waals surface area (Å²) in [4.78, 5) is 4.14. The molecule has 8 heteroatoms. The summed E-state index contributed by atoms with van der Waals surface area (Å²) in [6.07, 6.45) is 1.72. The van der Waals surface area contributed by atoms with Crippen molar-refractivity contribution in [3.63, 3.8) is 0 Å². The van der Waals surface area contributed by atoms with Gasteiger partial charge in [0.25, 0.3) is 0 Å². The highest BCUT2D eigenvalue weighted by molar-refractivity contribution is 14.0. The molecular weight excluding hydrogens is 383 g/mol. The third-order valence-electron chi connectivity index (χ3n) is 2.83. The molecule has 116 valence electrons. The summed E-state index contributed by atoms with van der Waals surface area (Å²) in [5.74, 6) is 1.85. The second-order valence-corrected chi connectivity index (χ2v) is 4.73. The van der Waals surface area contributed by atoms with Crippen molar-refractivity contribution in [1.82, 2.24) is 26.0 Å². The third kappa shape index (κ3) is 5.37. The fourth-order valence-electron chi connectivity index (χ4n) is 1.64. The van der Waals surface area contributed by atoms with Crippen LogP contribution in [0.1, 0.15) is 36.9 Å². The molecule has 2 heterocycles. The van der Waals surface area contributed by atoms with Gasteiger partial charge in [-0.05, 0) is 12.0 Å². The van der Waals surface area contributed by atoms with Crippen LogP contribution >= 0.6 is 24.0 Å². The molecule has 2 rings (SSSR count). The molecule has 2 aromatic rings. The van der Waals surface area contributed by atoms with Crippen LogP contribution in [0.25, 0.3) is 0 Å². The summed E-state index contributed by atoms with van der Waals surface area (Å²) in [6.45, 7) is 5.34. The minimum atomic E-state index is 0. The maximum Gasteiger partial charge on any atom is 0.191 e. The SMILES string of the molecule is CN=C(NCc1ccn[nH]1)NCc1cc(C(C)C)no1.I. The lowest BCUT2D eigenvalue weighted by Crippen LogP contribution is -2.36. The van der Waals surface area contributed by atoms with Gasteiger partial charge in [0.05, 0.1) is 24.5 Å². The largest absolute Gasteiger partial charge is 0.359 e. The number of nitrogens with zero attached hydrogens (tertiary/aromatic N) is 3. The van der Waals surface area contributed by atoms with E-state index in [1.54, 1.807) is 13.2 Å². The summed E-state index contributed by atoms with van der Waals surface area (Å²) in [5.41, 5.74) is 1.96. The van der Waals surface area contributed by atoms with Gasteiger partial charge in [0, 0.05) is 19.3 Å². The first-order chi connectivity index (χ1) is 9.69. The average molecular weight is 404 g/mol. The number of rotatable bonds is 5. The van der Waals surface area contributed by atoms with Crippen LogP contribution in [0, 0.1) is 0 Å². The van der Waals surface area contributed by atoms with Gasteiger partial charge in [-0.2, -0.15) is 5.10 Å². The van der Waals surface area contributed by atoms with Crippen molar-refractivity contribution in [2.45, 2.75) is 32.9 Å². The summed E-state index contributed by atoms with van der Waals surface area (Å²) in [5, 5.41) is 17.1. The van der Waals surface area contributed by atoms with Gasteiger partial charge in [0.1, 0.15) is 0 Å². The fraction of sp³-hybridized carbons (Fsp3) is 0.462. The van der Waals surface area contributed by atoms with E-state index >= 15 is 0 Å². The van der Waals surface area contributed by atoms with Gasteiger partial charge in [0.2, 0.25) is 0 Å². The number of aromatic nitrogens is 3. The molecule has 3 N–H and O–H groups in total. The lowest BCUT2D eigenvalue weighted by Gasteiger charge is -2.09. The average Bonchev–Trinajstić information content (AvgIpc) is 3.10. The number of guanidine groups is 1. The number of halogens is 1. The van der Waals surface area contributed by atoms with Crippen LogP contribution in [0.5, 0.6) is 0 Å². The molecule has 21 heavy (non-hydrogen) atoms. The van der Waals surface area contributed by atoms with E-state index in [1.807, 2.05) is 12.1 Å². The number of aliphatic imine (C=N–C) groups is 1. The van der Waals surface area contributed by atoms with E-state index in [0.29, 0.717) is 25.0 Å². The molecule has 0 unspecified atom stereocenters. The number of hydrogen-bond donors (Lipinski definition) is 3. The van der Waals surface area contributed by atoms with E-state index in [9.17, 15) is 0 Å². The Hall–Kier alpha value is -1.58. The maximum absolute atomic E-state index is 5.26. The normalized spacial score (nSPS) is 11.3. The molecule has 0 saturated heterocycles. The Morgan fingerprint density at radius 2 is 2.14 bits per heavy atom. The molecule has 0 spiro atoms. The van der Waals surface area contributed by atoms with Gasteiger partial charge in [-0.15, -0.1) is 24.0 Å². The number of H-pyrrole nitrogens is 1. The Bertz CT molecular complexity index is 549. The van der Waals surface area contributed by atoms with Crippen molar-refractivity contribution >= 4 is 29.9 Å². The maximum atomic E-state index is 5.26. The zero-order valence-corrected chi connectivity index (χ0v) is 14.7. The van der Waals surface area contributed by atoms with Gasteiger partial charge in [-0.25, -0.2) is 0 Å². The molecule has 0 radical (unpaired) electrons. The molecule has 0 aliphatic heterocycles. The molecular formula is C13H21IN6O. The molecule has 0 atom stereocenters. The van der Waals surface area contributed by atoms with Gasteiger partial charge >= 0.3 is 0 Å². The van der Waals surface area contributed by atoms with Crippen molar-refractivity contribution in [2.75, 3.05) is 7.05 Å². The standard InChI is InChI=1S/C13H20N6O.HI/c1-9(2)12-6-11(20-19-12)8-16-13(14-3)15-7-10-4-5-17-18-10;/h4-6,9H,7-8H2,1-3H3,(H,17,18)(H2,14,15,16);1H. The minimum Gasteiger partial charge on any atom is -0.359 e. The van der Waals surface area contributed by atoms with Crippen molar-refractivity contribution in [3.8, 4) is 0 Å². The van der Waals surface area contributed by atoms with Crippen molar-refractivity contribution in [1.29, 1.82) is 0 Å². The lowest BCUT2D eigenvalue weighted by molar-refractivity contribution is 0.372. The first-order valence-corrected chi connectivity index (χ1v) is 6.57. The van der Waals surface area contributed by atoms with E-state index in [2.05, 4.69) is 44.8 Å². The minimum absolute atomic E-state index is 0. The van der Waals surface area contributed by atoms with E-state index in [-0.39, 0.29) is 24.0 Å². The quantitative estimate of drug-likeness (QED) is 0.403. The van der Waals surface area contributed by atoms with Gasteiger partial charge in [0.15, 0.2) is 11.7 Å². The molecule has 0 aromatic carbocycles. The first kappa shape index (κ1) is 17.5. The predicted octanol–water partition coefficient (Wildman–Crippen LogP) is 2.00. The van der Waals surface area contributed by atoms with Gasteiger partial charge in [-0.3, -0.25) is 10.1 Å². The summed E-state index contributed by atoms with van der Waals surface area (Å²) in [7, 11) is 1.72. The van der Waals surface area contributed by atoms with Crippen molar-refractivity contribution < 1.29 is 4.52 Å². The molecule has 0 aliphatic carbocycles. The molecule has 0 saturated carbocycles. The molecule has 0 aliphatic rings. The zero-order chi connectivity index (χ0) is 14.4. The van der Waals surface area contributed by atoms with Crippen LogP contribution in [-0.2, 0) is 13.1 Å². The van der Waals surface area contributed by atoms with Crippen LogP contribution in [0.4, 0.5) is 0 Å². The molecule has 7 nitrogen and oxygen atoms in total. The molecule has 0 fully saturated rings. The molecule has 0 bridgehead atoms. The summed E-state index contributed by atoms with van der Waals surface area (Å²) in [6, 6.07) is 3.87. The zero-order valence-electron chi connectivity index (χ0n) is 12.4. The van der Waals surface area contributed by atoms with Crippen LogP contribution in [0.3, 0.4) is 0 Å². The third-order valence-corrected chi connectivity index (χ3v) is 2.83. The highest BCUT2D eigenvalue weighted by Crippen LogP contribution is 2.13. The van der Waals surface area contributed by atoms with Crippen molar-refractivity contribution in [3.05, 3.63) is 35.5 Å². The van der Waals surface area contributed by atoms with E-state index in [1.165, 1.54) is 0 Å². The van der Waals surface area contributed by atoms with Crippen LogP contribution < -0.4 is 10.6 Å². The van der Waals surface area contributed by atoms with E-state index in [0.717, 1.165) is 17.1 Å². The second-order valence-electron chi connectivity index (χ2n) is 4.73. The molecule has 2 aromatic heterocycles. The Morgan fingerprint density at radius 1 is 1.38 bits per heavy atom. The van der Waals surface area contributed by atoms with Gasteiger partial charge in [-0.1, -0.05) is 19.0 Å². The topological polar surface area (TPSA) is 91.1 Å².